The van der Waals surface area contributed by atoms with Gasteiger partial charge in [-0.2, -0.15) is 5.01 Å². The number of halogens is 1. The predicted molar refractivity (Wildman–Crippen MR) is 169 cm³/mol. The molecule has 46 heavy (non-hydrogen) atoms. The fourth-order valence-electron chi connectivity index (χ4n) is 3.79. The number of rotatable bonds is 9. The Labute approximate surface area is 271 Å². The molecule has 0 radical (unpaired) electrons. The van der Waals surface area contributed by atoms with Gasteiger partial charge in [-0.15, -0.1) is 11.3 Å². The number of nitrogens with zero attached hydrogens (tertiary/aromatic N) is 3. The van der Waals surface area contributed by atoms with Crippen molar-refractivity contribution in [2.75, 3.05) is 23.0 Å². The molecular weight excluding hydrogens is 643 g/mol. The number of methoxy groups -OCH3 is 1. The summed E-state index contributed by atoms with van der Waals surface area (Å²) in [7, 11) is -3.12. The van der Waals surface area contributed by atoms with Crippen molar-refractivity contribution in [3.8, 4) is 5.75 Å². The third-order valence-electron chi connectivity index (χ3n) is 5.65. The minimum Gasteiger partial charge on any atom is -0.497 e. The van der Waals surface area contributed by atoms with Gasteiger partial charge in [-0.25, -0.2) is 37.6 Å². The quantitative estimate of drug-likeness (QED) is 0.161. The maximum Gasteiger partial charge on any atom is 0.433 e. The predicted octanol–water partition coefficient (Wildman–Crippen LogP) is 6.04. The molecule has 2 amide bonds. The number of nitrogens with one attached hydrogen (secondary N) is 1. The van der Waals surface area contributed by atoms with Crippen LogP contribution in [0, 0.1) is 5.82 Å². The molecule has 16 heteroatoms. The second kappa shape index (κ2) is 14.3. The number of esters is 1. The molecule has 1 aromatic heterocycles. The lowest BCUT2D eigenvalue weighted by molar-refractivity contribution is 0.00642. The number of carbonyl (C=O) groups is 3. The Morgan fingerprint density at radius 3 is 2.15 bits per heavy atom. The highest BCUT2D eigenvalue weighted by Gasteiger charge is 2.34. The number of anilines is 2. The molecule has 13 nitrogen and oxygen atoms in total. The lowest BCUT2D eigenvalue weighted by atomic mass is 10.2. The number of amides is 2. The number of ether oxygens (including phenoxy) is 4. The van der Waals surface area contributed by atoms with Crippen LogP contribution in [0.5, 0.6) is 5.75 Å². The van der Waals surface area contributed by atoms with Gasteiger partial charge in [-0.3, -0.25) is 4.31 Å². The fourth-order valence-corrected chi connectivity index (χ4v) is 6.27. The summed E-state index contributed by atoms with van der Waals surface area (Å²) < 4.78 is 65.8. The summed E-state index contributed by atoms with van der Waals surface area (Å²) in [5.74, 6) is -1.50. The lowest BCUT2D eigenvalue weighted by Gasteiger charge is -2.27. The van der Waals surface area contributed by atoms with Gasteiger partial charge >= 0.3 is 18.2 Å². The van der Waals surface area contributed by atoms with Crippen LogP contribution < -0.4 is 19.5 Å². The van der Waals surface area contributed by atoms with Crippen LogP contribution in [0.1, 0.15) is 64.5 Å². The van der Waals surface area contributed by atoms with Crippen LogP contribution in [0.4, 0.5) is 24.7 Å². The van der Waals surface area contributed by atoms with Gasteiger partial charge in [0.15, 0.2) is 5.69 Å². The van der Waals surface area contributed by atoms with Crippen LogP contribution in [0.2, 0.25) is 0 Å². The van der Waals surface area contributed by atoms with Gasteiger partial charge in [-0.05, 0) is 84.4 Å². The highest BCUT2D eigenvalue weighted by atomic mass is 32.2. The maximum atomic E-state index is 15.7. The SMILES string of the molecule is CCOC(=O)N(NC(=O)OC(C)(C)C)c1ccc(S(=O)(=O)N(Cc2ccc(OC)cc2)c2scnc2C(=O)OC(C)(C)C)cc1F. The number of benzene rings is 2. The Morgan fingerprint density at radius 2 is 1.61 bits per heavy atom. The van der Waals surface area contributed by atoms with E-state index in [2.05, 4.69) is 10.4 Å². The molecule has 0 aliphatic heterocycles. The standard InChI is InChI=1S/C30H37FN4O9S2/c1-9-42-28(38)35(33-27(37)44-30(5,6)7)23-15-14-21(16-22(23)31)46(39,40)34(17-19-10-12-20(41-8)13-11-19)25-24(32-18-45-25)26(36)43-29(2,3)4/h10-16,18H,9,17H2,1-8H3,(H,33,37). The van der Waals surface area contributed by atoms with Gasteiger partial charge in [0.1, 0.15) is 33.5 Å². The normalized spacial score (nSPS) is 11.8. The molecule has 3 aromatic rings. The van der Waals surface area contributed by atoms with E-state index in [1.165, 1.54) is 19.5 Å². The first-order valence-electron chi connectivity index (χ1n) is 13.9. The number of hydrogen-bond donors (Lipinski definition) is 1. The van der Waals surface area contributed by atoms with E-state index in [-0.39, 0.29) is 23.8 Å². The maximum absolute atomic E-state index is 15.7. The summed E-state index contributed by atoms with van der Waals surface area (Å²) in [5.41, 5.74) is 1.34. The molecule has 1 N–H and O–H groups in total. The number of hydrazine groups is 1. The molecule has 0 fully saturated rings. The van der Waals surface area contributed by atoms with E-state index in [1.807, 2.05) is 0 Å². The van der Waals surface area contributed by atoms with Gasteiger partial charge in [0.05, 0.1) is 30.7 Å². The first kappa shape index (κ1) is 36.0. The summed E-state index contributed by atoms with van der Waals surface area (Å²) in [4.78, 5) is 41.7. The van der Waals surface area contributed by atoms with E-state index >= 15 is 4.39 Å². The van der Waals surface area contributed by atoms with Crippen LogP contribution in [0.3, 0.4) is 0 Å². The van der Waals surface area contributed by atoms with Crippen molar-refractivity contribution in [2.24, 2.45) is 0 Å². The number of hydrogen-bond acceptors (Lipinski definition) is 11. The zero-order valence-electron chi connectivity index (χ0n) is 26.7. The molecule has 0 spiro atoms. The minimum absolute atomic E-state index is 0.0608. The minimum atomic E-state index is -4.60. The van der Waals surface area contributed by atoms with E-state index in [9.17, 15) is 22.8 Å². The first-order chi connectivity index (χ1) is 21.4. The summed E-state index contributed by atoms with van der Waals surface area (Å²) in [5, 5.41) is 0.414. The van der Waals surface area contributed by atoms with Crippen LogP contribution >= 0.6 is 11.3 Å². The molecule has 0 aliphatic carbocycles. The second-order valence-electron chi connectivity index (χ2n) is 11.6. The molecule has 2 aromatic carbocycles. The average molecular weight is 681 g/mol. The molecule has 0 aliphatic rings. The van der Waals surface area contributed by atoms with E-state index < -0.39 is 55.8 Å². The zero-order valence-corrected chi connectivity index (χ0v) is 28.4. The van der Waals surface area contributed by atoms with E-state index in [1.54, 1.807) is 65.8 Å². The molecule has 3 rings (SSSR count). The zero-order chi connectivity index (χ0) is 34.4. The highest BCUT2D eigenvalue weighted by Crippen LogP contribution is 2.35. The van der Waals surface area contributed by atoms with Crippen LogP contribution in [0.25, 0.3) is 0 Å². The molecular formula is C30H37FN4O9S2. The number of thiazole rings is 1. The fraction of sp³-hybridized carbons (Fsp3) is 0.400. The van der Waals surface area contributed by atoms with Crippen molar-refractivity contribution in [3.63, 3.8) is 0 Å². The molecule has 1 heterocycles. The van der Waals surface area contributed by atoms with Gasteiger partial charge < -0.3 is 18.9 Å². The monoisotopic (exact) mass is 680 g/mol. The Morgan fingerprint density at radius 1 is 0.978 bits per heavy atom. The molecule has 0 bridgehead atoms. The highest BCUT2D eigenvalue weighted by molar-refractivity contribution is 7.93. The van der Waals surface area contributed by atoms with E-state index in [0.717, 1.165) is 27.8 Å². The smallest absolute Gasteiger partial charge is 0.433 e. The molecule has 0 unspecified atom stereocenters. The van der Waals surface area contributed by atoms with Crippen LogP contribution in [-0.4, -0.2) is 56.5 Å². The van der Waals surface area contributed by atoms with Gasteiger partial charge in [0, 0.05) is 0 Å². The Hall–Kier alpha value is -4.44. The van der Waals surface area contributed by atoms with Crippen LogP contribution in [-0.2, 0) is 30.8 Å². The molecule has 0 saturated carbocycles. The van der Waals surface area contributed by atoms with Crippen LogP contribution in [0.15, 0.2) is 52.9 Å². The van der Waals surface area contributed by atoms with Gasteiger partial charge in [0.25, 0.3) is 10.0 Å². The third kappa shape index (κ3) is 9.29. The van der Waals surface area contributed by atoms with Crippen molar-refractivity contribution in [3.05, 3.63) is 65.0 Å². The molecule has 0 atom stereocenters. The van der Waals surface area contributed by atoms with E-state index in [0.29, 0.717) is 22.4 Å². The largest absolute Gasteiger partial charge is 0.497 e. The van der Waals surface area contributed by atoms with Crippen molar-refractivity contribution < 1.29 is 46.1 Å². The summed E-state index contributed by atoms with van der Waals surface area (Å²) in [6, 6.07) is 9.27. The molecule has 0 saturated heterocycles. The second-order valence-corrected chi connectivity index (χ2v) is 14.3. The summed E-state index contributed by atoms with van der Waals surface area (Å²) in [6.45, 7) is 10.9. The van der Waals surface area contributed by atoms with Crippen molar-refractivity contribution in [2.45, 2.75) is 71.1 Å². The van der Waals surface area contributed by atoms with Gasteiger partial charge in [-0.1, -0.05) is 12.1 Å². The number of carbonyl (C=O) groups excluding carboxylic acids is 3. The Bertz CT molecular complexity index is 1660. The first-order valence-corrected chi connectivity index (χ1v) is 16.3. The summed E-state index contributed by atoms with van der Waals surface area (Å²) >= 11 is 0.879. The average Bonchev–Trinajstić information content (AvgIpc) is 3.43. The Balaban J connectivity index is 2.10. The lowest BCUT2D eigenvalue weighted by Crippen LogP contribution is -2.49. The third-order valence-corrected chi connectivity index (χ3v) is 8.36. The van der Waals surface area contributed by atoms with Crippen molar-refractivity contribution >= 4 is 50.2 Å². The topological polar surface area (TPSA) is 154 Å². The summed E-state index contributed by atoms with van der Waals surface area (Å²) in [6.07, 6.45) is -2.22. The Kier molecular flexibility index (Phi) is 11.2. The van der Waals surface area contributed by atoms with Gasteiger partial charge in [0.2, 0.25) is 0 Å². The van der Waals surface area contributed by atoms with Crippen molar-refractivity contribution in [1.29, 1.82) is 0 Å². The number of sulfonamides is 1. The number of aromatic nitrogens is 1. The van der Waals surface area contributed by atoms with Crippen molar-refractivity contribution in [1.82, 2.24) is 10.4 Å². The van der Waals surface area contributed by atoms with E-state index in [4.69, 9.17) is 18.9 Å². The molecule has 250 valence electrons.